The van der Waals surface area contributed by atoms with E-state index in [-0.39, 0.29) is 24.1 Å². The molecule has 1 fully saturated rings. The third kappa shape index (κ3) is 4.56. The van der Waals surface area contributed by atoms with Crippen molar-refractivity contribution in [3.63, 3.8) is 0 Å². The Balaban J connectivity index is 1.51. The molecular formula is C23H22ClFN4O3. The van der Waals surface area contributed by atoms with Crippen molar-refractivity contribution in [1.29, 1.82) is 0 Å². The number of hydrogen-bond acceptors (Lipinski definition) is 6. The van der Waals surface area contributed by atoms with Crippen molar-refractivity contribution in [2.45, 2.75) is 32.3 Å². The minimum atomic E-state index is -0.481. The first-order valence-corrected chi connectivity index (χ1v) is 10.7. The molecule has 166 valence electrons. The Morgan fingerprint density at radius 3 is 2.84 bits per heavy atom. The zero-order valence-corrected chi connectivity index (χ0v) is 18.2. The monoisotopic (exact) mass is 456 g/mol. The maximum Gasteiger partial charge on any atom is 0.272 e. The molecule has 0 aliphatic carbocycles. The number of benzene rings is 1. The summed E-state index contributed by atoms with van der Waals surface area (Å²) >= 11 is 6.13. The summed E-state index contributed by atoms with van der Waals surface area (Å²) in [5.74, 6) is 0.268. The second kappa shape index (κ2) is 9.58. The van der Waals surface area contributed by atoms with E-state index >= 15 is 0 Å². The van der Waals surface area contributed by atoms with E-state index in [0.717, 1.165) is 23.7 Å². The molecule has 3 aromatic rings. The lowest BCUT2D eigenvalue weighted by molar-refractivity contribution is 0.0785. The fourth-order valence-electron chi connectivity index (χ4n) is 3.92. The third-order valence-corrected chi connectivity index (χ3v) is 5.89. The fourth-order valence-corrected chi connectivity index (χ4v) is 4.17. The summed E-state index contributed by atoms with van der Waals surface area (Å²) in [7, 11) is 0. The number of nitrogens with zero attached hydrogens (tertiary/aromatic N) is 4. The largest absolute Gasteiger partial charge is 0.439 e. The Morgan fingerprint density at radius 2 is 2.12 bits per heavy atom. The molecule has 0 radical (unpaired) electrons. The summed E-state index contributed by atoms with van der Waals surface area (Å²) < 4.78 is 19.0. The lowest BCUT2D eigenvalue weighted by Crippen LogP contribution is -2.29. The number of aliphatic hydroxyl groups excluding tert-OH is 1. The first kappa shape index (κ1) is 22.1. The molecule has 1 N–H and O–H groups in total. The molecule has 7 nitrogen and oxygen atoms in total. The van der Waals surface area contributed by atoms with Crippen LogP contribution < -0.4 is 4.74 Å². The number of aliphatic hydroxyl groups is 1. The van der Waals surface area contributed by atoms with Crippen molar-refractivity contribution in [3.8, 4) is 11.6 Å². The van der Waals surface area contributed by atoms with Gasteiger partial charge in [-0.1, -0.05) is 24.6 Å². The van der Waals surface area contributed by atoms with Gasteiger partial charge in [-0.3, -0.25) is 4.79 Å². The van der Waals surface area contributed by atoms with Gasteiger partial charge in [-0.25, -0.2) is 19.3 Å². The summed E-state index contributed by atoms with van der Waals surface area (Å²) in [4.78, 5) is 26.4. The van der Waals surface area contributed by atoms with Crippen LogP contribution in [0.15, 0.2) is 42.9 Å². The summed E-state index contributed by atoms with van der Waals surface area (Å²) in [6.07, 6.45) is 3.76. The first-order valence-electron chi connectivity index (χ1n) is 10.3. The van der Waals surface area contributed by atoms with E-state index in [1.54, 1.807) is 11.0 Å². The molecule has 3 heterocycles. The zero-order chi connectivity index (χ0) is 22.7. The van der Waals surface area contributed by atoms with E-state index in [9.17, 15) is 14.3 Å². The molecule has 0 saturated carbocycles. The van der Waals surface area contributed by atoms with E-state index in [0.29, 0.717) is 41.9 Å². The molecule has 1 aromatic carbocycles. The van der Waals surface area contributed by atoms with Crippen molar-refractivity contribution in [1.82, 2.24) is 19.9 Å². The van der Waals surface area contributed by atoms with Crippen LogP contribution in [0.1, 0.15) is 46.4 Å². The van der Waals surface area contributed by atoms with Crippen molar-refractivity contribution < 1.29 is 19.0 Å². The van der Waals surface area contributed by atoms with Gasteiger partial charge in [-0.05, 0) is 48.2 Å². The third-order valence-electron chi connectivity index (χ3n) is 5.57. The van der Waals surface area contributed by atoms with E-state index < -0.39 is 5.82 Å². The standard InChI is InChI=1S/C23H22ClFN4O3/c1-2-18-21(24)27-13-28-22(18)32-17-4-5-19(15(9-17)12-30)14-7-8-29(11-14)23(31)20-6-3-16(25)10-26-20/h3-6,9-10,13-14,30H,2,7-8,11-12H2,1H3. The molecule has 0 spiro atoms. The maximum atomic E-state index is 13.1. The van der Waals surface area contributed by atoms with Crippen LogP contribution in [0, 0.1) is 5.82 Å². The van der Waals surface area contributed by atoms with Gasteiger partial charge in [0.25, 0.3) is 5.91 Å². The Labute approximate surface area is 189 Å². The molecule has 1 aliphatic rings. The SMILES string of the molecule is CCc1c(Cl)ncnc1Oc1ccc(C2CCN(C(=O)c3ccc(F)cn3)C2)c(CO)c1. The second-order valence-electron chi connectivity index (χ2n) is 7.52. The normalized spacial score (nSPS) is 15.8. The molecule has 2 aromatic heterocycles. The second-order valence-corrected chi connectivity index (χ2v) is 7.88. The minimum absolute atomic E-state index is 0.0651. The van der Waals surface area contributed by atoms with Crippen LogP contribution in [0.2, 0.25) is 5.15 Å². The van der Waals surface area contributed by atoms with Gasteiger partial charge in [0.15, 0.2) is 0 Å². The fraction of sp³-hybridized carbons (Fsp3) is 0.304. The van der Waals surface area contributed by atoms with Crippen LogP contribution in [-0.4, -0.2) is 44.0 Å². The maximum absolute atomic E-state index is 13.1. The number of amides is 1. The molecule has 4 rings (SSSR count). The molecule has 1 saturated heterocycles. The number of likely N-dealkylation sites (tertiary alicyclic amines) is 1. The molecule has 1 atom stereocenters. The average molecular weight is 457 g/mol. The number of halogens is 2. The molecule has 1 amide bonds. The highest BCUT2D eigenvalue weighted by Gasteiger charge is 2.30. The van der Waals surface area contributed by atoms with E-state index in [1.165, 1.54) is 18.5 Å². The van der Waals surface area contributed by atoms with Crippen molar-refractivity contribution in [2.24, 2.45) is 0 Å². The topological polar surface area (TPSA) is 88.4 Å². The van der Waals surface area contributed by atoms with Crippen molar-refractivity contribution >= 4 is 17.5 Å². The summed E-state index contributed by atoms with van der Waals surface area (Å²) in [6, 6.07) is 8.11. The van der Waals surface area contributed by atoms with Gasteiger partial charge in [0.1, 0.15) is 28.7 Å². The lowest BCUT2D eigenvalue weighted by atomic mass is 9.93. The number of hydrogen-bond donors (Lipinski definition) is 1. The van der Waals surface area contributed by atoms with Gasteiger partial charge in [-0.2, -0.15) is 0 Å². The van der Waals surface area contributed by atoms with Crippen LogP contribution in [-0.2, 0) is 13.0 Å². The van der Waals surface area contributed by atoms with Crippen LogP contribution in [0.25, 0.3) is 0 Å². The predicted octanol–water partition coefficient (Wildman–Crippen LogP) is 4.14. The van der Waals surface area contributed by atoms with Gasteiger partial charge in [0.05, 0.1) is 18.4 Å². The number of ether oxygens (including phenoxy) is 1. The summed E-state index contributed by atoms with van der Waals surface area (Å²) in [5, 5.41) is 10.3. The lowest BCUT2D eigenvalue weighted by Gasteiger charge is -2.18. The Morgan fingerprint density at radius 1 is 1.28 bits per heavy atom. The Hall–Kier alpha value is -3.10. The van der Waals surface area contributed by atoms with Gasteiger partial charge >= 0.3 is 0 Å². The summed E-state index contributed by atoms with van der Waals surface area (Å²) in [5.41, 5.74) is 2.61. The highest BCUT2D eigenvalue weighted by atomic mass is 35.5. The molecule has 32 heavy (non-hydrogen) atoms. The van der Waals surface area contributed by atoms with Crippen LogP contribution >= 0.6 is 11.6 Å². The highest BCUT2D eigenvalue weighted by Crippen LogP contribution is 2.34. The first-order chi connectivity index (χ1) is 15.5. The average Bonchev–Trinajstić information content (AvgIpc) is 3.29. The number of carbonyl (C=O) groups is 1. The number of carbonyl (C=O) groups excluding carboxylic acids is 1. The van der Waals surface area contributed by atoms with Gasteiger partial charge in [0.2, 0.25) is 5.88 Å². The summed E-state index contributed by atoms with van der Waals surface area (Å²) in [6.45, 7) is 2.83. The molecular weight excluding hydrogens is 435 g/mol. The molecule has 1 unspecified atom stereocenters. The van der Waals surface area contributed by atoms with E-state index in [2.05, 4.69) is 15.0 Å². The molecule has 9 heteroatoms. The number of rotatable bonds is 6. The number of pyridine rings is 1. The van der Waals surface area contributed by atoms with Crippen molar-refractivity contribution in [2.75, 3.05) is 13.1 Å². The van der Waals surface area contributed by atoms with Gasteiger partial charge in [0, 0.05) is 19.0 Å². The van der Waals surface area contributed by atoms with Crippen LogP contribution in [0.3, 0.4) is 0 Å². The smallest absolute Gasteiger partial charge is 0.272 e. The Bertz CT molecular complexity index is 1130. The predicted molar refractivity (Wildman–Crippen MR) is 116 cm³/mol. The van der Waals surface area contributed by atoms with Gasteiger partial charge < -0.3 is 14.7 Å². The molecule has 1 aliphatic heterocycles. The van der Waals surface area contributed by atoms with Crippen LogP contribution in [0.4, 0.5) is 4.39 Å². The Kier molecular flexibility index (Phi) is 6.62. The van der Waals surface area contributed by atoms with E-state index in [4.69, 9.17) is 16.3 Å². The van der Waals surface area contributed by atoms with Crippen molar-refractivity contribution in [3.05, 3.63) is 76.2 Å². The van der Waals surface area contributed by atoms with Gasteiger partial charge in [-0.15, -0.1) is 0 Å². The van der Waals surface area contributed by atoms with Crippen LogP contribution in [0.5, 0.6) is 11.6 Å². The number of aromatic nitrogens is 3. The minimum Gasteiger partial charge on any atom is -0.439 e. The van der Waals surface area contributed by atoms with E-state index in [1.807, 2.05) is 19.1 Å². The molecule has 0 bridgehead atoms. The highest BCUT2D eigenvalue weighted by molar-refractivity contribution is 6.30. The zero-order valence-electron chi connectivity index (χ0n) is 17.5. The quantitative estimate of drug-likeness (QED) is 0.561.